The van der Waals surface area contributed by atoms with Crippen LogP contribution in [-0.2, 0) is 0 Å². The SMILES string of the molecule is Fc1ccc(C(Br)C2CC2c2ccccc2)cc1F. The van der Waals surface area contributed by atoms with Gasteiger partial charge in [0.15, 0.2) is 11.6 Å². The first kappa shape index (κ1) is 12.8. The molecule has 0 nitrogen and oxygen atoms in total. The molecule has 3 unspecified atom stereocenters. The average molecular weight is 323 g/mol. The van der Waals surface area contributed by atoms with Gasteiger partial charge < -0.3 is 0 Å². The molecule has 0 saturated heterocycles. The van der Waals surface area contributed by atoms with E-state index in [9.17, 15) is 8.78 Å². The number of halogens is 3. The minimum Gasteiger partial charge on any atom is -0.204 e. The van der Waals surface area contributed by atoms with Crippen molar-refractivity contribution in [2.24, 2.45) is 5.92 Å². The third-order valence-corrected chi connectivity index (χ3v) is 4.91. The molecule has 0 aromatic heterocycles. The van der Waals surface area contributed by atoms with E-state index in [1.807, 2.05) is 18.2 Å². The van der Waals surface area contributed by atoms with Gasteiger partial charge >= 0.3 is 0 Å². The topological polar surface area (TPSA) is 0 Å². The highest BCUT2D eigenvalue weighted by molar-refractivity contribution is 9.09. The fourth-order valence-electron chi connectivity index (χ4n) is 2.55. The van der Waals surface area contributed by atoms with Crippen LogP contribution in [0.15, 0.2) is 48.5 Å². The summed E-state index contributed by atoms with van der Waals surface area (Å²) in [4.78, 5) is 0.0767. The smallest absolute Gasteiger partial charge is 0.159 e. The Hall–Kier alpha value is -1.22. The van der Waals surface area contributed by atoms with E-state index >= 15 is 0 Å². The molecule has 3 rings (SSSR count). The molecule has 1 aliphatic rings. The Kier molecular flexibility index (Phi) is 3.40. The Morgan fingerprint density at radius 2 is 1.74 bits per heavy atom. The van der Waals surface area contributed by atoms with Crippen molar-refractivity contribution in [3.05, 3.63) is 71.3 Å². The van der Waals surface area contributed by atoms with Gasteiger partial charge in [0, 0.05) is 4.83 Å². The first-order chi connectivity index (χ1) is 9.16. The van der Waals surface area contributed by atoms with Gasteiger partial charge in [0.05, 0.1) is 0 Å². The molecule has 0 bridgehead atoms. The van der Waals surface area contributed by atoms with Crippen LogP contribution in [0.25, 0.3) is 0 Å². The van der Waals surface area contributed by atoms with Crippen molar-refractivity contribution in [3.63, 3.8) is 0 Å². The van der Waals surface area contributed by atoms with Crippen molar-refractivity contribution < 1.29 is 8.78 Å². The van der Waals surface area contributed by atoms with Crippen LogP contribution >= 0.6 is 15.9 Å². The molecule has 3 atom stereocenters. The Morgan fingerprint density at radius 3 is 2.42 bits per heavy atom. The summed E-state index contributed by atoms with van der Waals surface area (Å²) in [7, 11) is 0. The predicted molar refractivity (Wildman–Crippen MR) is 75.3 cm³/mol. The second-order valence-corrected chi connectivity index (χ2v) is 5.98. The molecule has 3 heteroatoms. The third-order valence-electron chi connectivity index (χ3n) is 3.71. The molecule has 2 aromatic carbocycles. The Labute approximate surface area is 119 Å². The summed E-state index contributed by atoms with van der Waals surface area (Å²) in [5, 5.41) is 0. The lowest BCUT2D eigenvalue weighted by atomic mass is 10.0. The molecule has 1 saturated carbocycles. The van der Waals surface area contributed by atoms with Crippen LogP contribution in [0.1, 0.15) is 28.3 Å². The second-order valence-electron chi connectivity index (χ2n) is 4.99. The van der Waals surface area contributed by atoms with E-state index < -0.39 is 11.6 Å². The molecule has 0 radical (unpaired) electrons. The van der Waals surface area contributed by atoms with Crippen molar-refractivity contribution >= 4 is 15.9 Å². The summed E-state index contributed by atoms with van der Waals surface area (Å²) in [5.41, 5.74) is 2.13. The van der Waals surface area contributed by atoms with Crippen molar-refractivity contribution in [1.82, 2.24) is 0 Å². The molecule has 98 valence electrons. The van der Waals surface area contributed by atoms with Crippen LogP contribution in [0.3, 0.4) is 0 Å². The molecule has 0 spiro atoms. The Bertz CT molecular complexity index is 583. The maximum atomic E-state index is 13.2. The molecule has 19 heavy (non-hydrogen) atoms. The Balaban J connectivity index is 1.76. The molecule has 2 aromatic rings. The van der Waals surface area contributed by atoms with Gasteiger partial charge in [0.25, 0.3) is 0 Å². The lowest BCUT2D eigenvalue weighted by Crippen LogP contribution is -1.96. The number of hydrogen-bond donors (Lipinski definition) is 0. The molecular weight excluding hydrogens is 310 g/mol. The Morgan fingerprint density at radius 1 is 1.00 bits per heavy atom. The van der Waals surface area contributed by atoms with E-state index in [0.717, 1.165) is 12.0 Å². The zero-order chi connectivity index (χ0) is 13.4. The molecule has 0 aliphatic heterocycles. The second kappa shape index (κ2) is 5.04. The summed E-state index contributed by atoms with van der Waals surface area (Å²) >= 11 is 3.62. The molecule has 0 amide bonds. The third kappa shape index (κ3) is 2.57. The summed E-state index contributed by atoms with van der Waals surface area (Å²) in [5.74, 6) is -0.608. The number of alkyl halides is 1. The van der Waals surface area contributed by atoms with E-state index in [0.29, 0.717) is 11.8 Å². The largest absolute Gasteiger partial charge is 0.204 e. The highest BCUT2D eigenvalue weighted by atomic mass is 79.9. The summed E-state index contributed by atoms with van der Waals surface area (Å²) in [6.07, 6.45) is 1.08. The van der Waals surface area contributed by atoms with Gasteiger partial charge in [-0.1, -0.05) is 52.3 Å². The highest BCUT2D eigenvalue weighted by Gasteiger charge is 2.43. The zero-order valence-electron chi connectivity index (χ0n) is 10.2. The first-order valence-corrected chi connectivity index (χ1v) is 7.22. The molecule has 1 fully saturated rings. The highest BCUT2D eigenvalue weighted by Crippen LogP contribution is 2.57. The standard InChI is InChI=1S/C16H13BrF2/c17-16(11-6-7-14(18)15(19)8-11)13-9-12(13)10-4-2-1-3-5-10/h1-8,12-13,16H,9H2. The van der Waals surface area contributed by atoms with Crippen molar-refractivity contribution in [2.75, 3.05) is 0 Å². The minimum absolute atomic E-state index is 0.0767. The van der Waals surface area contributed by atoms with Crippen LogP contribution < -0.4 is 0 Å². The summed E-state index contributed by atoms with van der Waals surface area (Å²) in [6, 6.07) is 14.4. The zero-order valence-corrected chi connectivity index (χ0v) is 11.8. The number of hydrogen-bond acceptors (Lipinski definition) is 0. The first-order valence-electron chi connectivity index (χ1n) is 6.31. The van der Waals surface area contributed by atoms with Gasteiger partial charge in [-0.25, -0.2) is 8.78 Å². The van der Waals surface area contributed by atoms with Crippen LogP contribution in [-0.4, -0.2) is 0 Å². The van der Waals surface area contributed by atoms with Crippen molar-refractivity contribution in [2.45, 2.75) is 17.2 Å². The maximum Gasteiger partial charge on any atom is 0.159 e. The lowest BCUT2D eigenvalue weighted by molar-refractivity contribution is 0.506. The van der Waals surface area contributed by atoms with Gasteiger partial charge in [0.2, 0.25) is 0 Å². The van der Waals surface area contributed by atoms with Crippen LogP contribution in [0.5, 0.6) is 0 Å². The quantitative estimate of drug-likeness (QED) is 0.681. The summed E-state index contributed by atoms with van der Waals surface area (Å²) in [6.45, 7) is 0. The van der Waals surface area contributed by atoms with E-state index in [2.05, 4.69) is 28.1 Å². The summed E-state index contributed by atoms with van der Waals surface area (Å²) < 4.78 is 26.2. The van der Waals surface area contributed by atoms with Crippen molar-refractivity contribution in [3.8, 4) is 0 Å². The van der Waals surface area contributed by atoms with E-state index in [1.54, 1.807) is 6.07 Å². The van der Waals surface area contributed by atoms with Crippen LogP contribution in [0, 0.1) is 17.6 Å². The van der Waals surface area contributed by atoms with E-state index in [4.69, 9.17) is 0 Å². The fourth-order valence-corrected chi connectivity index (χ4v) is 3.42. The molecular formula is C16H13BrF2. The maximum absolute atomic E-state index is 13.2. The number of rotatable bonds is 3. The molecule has 0 heterocycles. The molecule has 0 N–H and O–H groups in total. The predicted octanol–water partition coefficient (Wildman–Crippen LogP) is 5.20. The normalized spacial score (nSPS) is 23.1. The fraction of sp³-hybridized carbons (Fsp3) is 0.250. The van der Waals surface area contributed by atoms with E-state index in [-0.39, 0.29) is 4.83 Å². The van der Waals surface area contributed by atoms with Gasteiger partial charge in [0.1, 0.15) is 0 Å². The van der Waals surface area contributed by atoms with E-state index in [1.165, 1.54) is 17.7 Å². The monoisotopic (exact) mass is 322 g/mol. The average Bonchev–Trinajstić information content (AvgIpc) is 3.22. The van der Waals surface area contributed by atoms with Gasteiger partial charge in [-0.15, -0.1) is 0 Å². The number of benzene rings is 2. The van der Waals surface area contributed by atoms with Gasteiger partial charge in [-0.05, 0) is 41.5 Å². The lowest BCUT2D eigenvalue weighted by Gasteiger charge is -2.10. The van der Waals surface area contributed by atoms with Crippen LogP contribution in [0.2, 0.25) is 0 Å². The minimum atomic E-state index is -0.793. The van der Waals surface area contributed by atoms with Crippen molar-refractivity contribution in [1.29, 1.82) is 0 Å². The van der Waals surface area contributed by atoms with Crippen LogP contribution in [0.4, 0.5) is 8.78 Å². The van der Waals surface area contributed by atoms with Gasteiger partial charge in [-0.3, -0.25) is 0 Å². The van der Waals surface area contributed by atoms with Gasteiger partial charge in [-0.2, -0.15) is 0 Å². The molecule has 1 aliphatic carbocycles.